The molecule has 3 aromatic rings. The Hall–Kier alpha value is -3.06. The van der Waals surface area contributed by atoms with Crippen LogP contribution in [0.5, 0.6) is 0 Å². The summed E-state index contributed by atoms with van der Waals surface area (Å²) < 4.78 is 20.3. The maximum absolute atomic E-state index is 14.6. The van der Waals surface area contributed by atoms with E-state index < -0.39 is 5.82 Å². The average Bonchev–Trinajstić information content (AvgIpc) is 3.58. The number of carbonyl (C=O) groups excluding carboxylic acids is 1. The Labute approximate surface area is 186 Å². The van der Waals surface area contributed by atoms with Gasteiger partial charge in [-0.15, -0.1) is 5.10 Å². The maximum atomic E-state index is 14.6. The summed E-state index contributed by atoms with van der Waals surface area (Å²) in [6, 6.07) is 9.55. The van der Waals surface area contributed by atoms with Gasteiger partial charge in [-0.05, 0) is 74.6 Å². The van der Waals surface area contributed by atoms with Gasteiger partial charge in [0.05, 0.1) is 30.5 Å². The molecular weight excluding hydrogens is 407 g/mol. The Morgan fingerprint density at radius 2 is 2.03 bits per heavy atom. The maximum Gasteiger partial charge on any atom is 0.254 e. The van der Waals surface area contributed by atoms with Crippen LogP contribution in [0.15, 0.2) is 36.5 Å². The van der Waals surface area contributed by atoms with E-state index in [1.807, 2.05) is 25.1 Å². The van der Waals surface area contributed by atoms with Gasteiger partial charge in [0, 0.05) is 23.4 Å². The average molecular weight is 435 g/mol. The molecule has 1 saturated heterocycles. The number of fused-ring (bicyclic) bond motifs is 1. The normalized spacial score (nSPS) is 21.1. The SMILES string of the molecule is Cc1cc(F)c(C(=O)NC2CC2)cc1-c1ccc2c(N3CC(C)OCC3C)nncc2c1. The van der Waals surface area contributed by atoms with E-state index in [4.69, 9.17) is 4.74 Å². The summed E-state index contributed by atoms with van der Waals surface area (Å²) in [6.07, 6.45) is 3.79. The smallest absolute Gasteiger partial charge is 0.254 e. The lowest BCUT2D eigenvalue weighted by Crippen LogP contribution is -2.48. The summed E-state index contributed by atoms with van der Waals surface area (Å²) >= 11 is 0. The third-order valence-electron chi connectivity index (χ3n) is 6.30. The first-order chi connectivity index (χ1) is 15.4. The number of aromatic nitrogens is 2. The molecule has 1 amide bonds. The summed E-state index contributed by atoms with van der Waals surface area (Å²) in [4.78, 5) is 14.8. The third-order valence-corrected chi connectivity index (χ3v) is 6.30. The Morgan fingerprint density at radius 3 is 2.81 bits per heavy atom. The predicted molar refractivity (Wildman–Crippen MR) is 122 cm³/mol. The van der Waals surface area contributed by atoms with Crippen LogP contribution in [0.1, 0.15) is 42.6 Å². The van der Waals surface area contributed by atoms with Crippen molar-refractivity contribution in [1.82, 2.24) is 15.5 Å². The Balaban J connectivity index is 1.54. The molecule has 1 aliphatic heterocycles. The zero-order chi connectivity index (χ0) is 22.4. The minimum Gasteiger partial charge on any atom is -0.375 e. The molecule has 5 rings (SSSR count). The second-order valence-corrected chi connectivity index (χ2v) is 9.01. The summed E-state index contributed by atoms with van der Waals surface area (Å²) in [5.41, 5.74) is 2.61. The molecule has 2 fully saturated rings. The number of rotatable bonds is 4. The molecular formula is C25H27FN4O2. The summed E-state index contributed by atoms with van der Waals surface area (Å²) in [6.45, 7) is 7.45. The molecule has 166 valence electrons. The third kappa shape index (κ3) is 3.93. The number of halogens is 1. The van der Waals surface area contributed by atoms with Crippen molar-refractivity contribution in [1.29, 1.82) is 0 Å². The van der Waals surface area contributed by atoms with Gasteiger partial charge in [0.1, 0.15) is 5.82 Å². The number of nitrogens with one attached hydrogen (secondary N) is 1. The van der Waals surface area contributed by atoms with E-state index in [9.17, 15) is 9.18 Å². The van der Waals surface area contributed by atoms with Gasteiger partial charge in [0.15, 0.2) is 5.82 Å². The molecule has 2 heterocycles. The molecule has 1 N–H and O–H groups in total. The molecule has 0 spiro atoms. The number of hydrogen-bond acceptors (Lipinski definition) is 5. The highest BCUT2D eigenvalue weighted by Crippen LogP contribution is 2.33. The molecule has 2 aliphatic rings. The van der Waals surface area contributed by atoms with Crippen molar-refractivity contribution in [3.8, 4) is 11.1 Å². The minimum atomic E-state index is -0.492. The Bertz CT molecular complexity index is 1190. The number of amides is 1. The van der Waals surface area contributed by atoms with E-state index >= 15 is 0 Å². The highest BCUT2D eigenvalue weighted by Gasteiger charge is 2.27. The van der Waals surface area contributed by atoms with E-state index in [1.165, 1.54) is 6.07 Å². The van der Waals surface area contributed by atoms with Gasteiger partial charge in [-0.1, -0.05) is 6.07 Å². The zero-order valence-electron chi connectivity index (χ0n) is 18.6. The zero-order valence-corrected chi connectivity index (χ0v) is 18.6. The van der Waals surface area contributed by atoms with Crippen LogP contribution < -0.4 is 10.2 Å². The van der Waals surface area contributed by atoms with Gasteiger partial charge in [-0.2, -0.15) is 5.10 Å². The lowest BCUT2D eigenvalue weighted by Gasteiger charge is -2.37. The number of morpholine rings is 1. The monoisotopic (exact) mass is 434 g/mol. The highest BCUT2D eigenvalue weighted by atomic mass is 19.1. The first-order valence-electron chi connectivity index (χ1n) is 11.2. The lowest BCUT2D eigenvalue weighted by molar-refractivity contribution is 0.0341. The topological polar surface area (TPSA) is 67.4 Å². The van der Waals surface area contributed by atoms with Crippen LogP contribution in [0.3, 0.4) is 0 Å². The van der Waals surface area contributed by atoms with Crippen molar-refractivity contribution in [2.75, 3.05) is 18.1 Å². The fraction of sp³-hybridized carbons (Fsp3) is 0.400. The van der Waals surface area contributed by atoms with Crippen LogP contribution >= 0.6 is 0 Å². The largest absolute Gasteiger partial charge is 0.375 e. The van der Waals surface area contributed by atoms with Crippen LogP contribution in [0.2, 0.25) is 0 Å². The number of benzene rings is 2. The molecule has 6 nitrogen and oxygen atoms in total. The quantitative estimate of drug-likeness (QED) is 0.665. The number of aryl methyl sites for hydroxylation is 1. The summed E-state index contributed by atoms with van der Waals surface area (Å²) in [5, 5.41) is 13.5. The fourth-order valence-electron chi connectivity index (χ4n) is 4.30. The van der Waals surface area contributed by atoms with Crippen molar-refractivity contribution in [3.63, 3.8) is 0 Å². The van der Waals surface area contributed by atoms with Gasteiger partial charge < -0.3 is 15.0 Å². The van der Waals surface area contributed by atoms with Gasteiger partial charge in [0.2, 0.25) is 0 Å². The van der Waals surface area contributed by atoms with Crippen LogP contribution in [0.4, 0.5) is 10.2 Å². The van der Waals surface area contributed by atoms with Gasteiger partial charge in [-0.25, -0.2) is 4.39 Å². The van der Waals surface area contributed by atoms with Gasteiger partial charge >= 0.3 is 0 Å². The molecule has 32 heavy (non-hydrogen) atoms. The molecule has 7 heteroatoms. The number of nitrogens with zero attached hydrogens (tertiary/aromatic N) is 3. The number of carbonyl (C=O) groups is 1. The minimum absolute atomic E-state index is 0.0854. The Kier molecular flexibility index (Phi) is 5.29. The molecule has 1 aromatic heterocycles. The standard InChI is InChI=1S/C25H27FN4O2/c1-14-8-23(26)22(25(31)28-19-5-6-19)10-21(14)17-4-7-20-18(9-17)11-27-29-24(20)30-12-16(3)32-13-15(30)2/h4,7-11,15-16,19H,5-6,12-13H2,1-3H3,(H,28,31). The number of ether oxygens (including phenoxy) is 1. The van der Waals surface area contributed by atoms with E-state index in [-0.39, 0.29) is 29.7 Å². The molecule has 2 atom stereocenters. The van der Waals surface area contributed by atoms with Crippen molar-refractivity contribution in [3.05, 3.63) is 53.5 Å². The number of hydrogen-bond donors (Lipinski definition) is 1. The van der Waals surface area contributed by atoms with Gasteiger partial charge in [0.25, 0.3) is 5.91 Å². The second kappa shape index (κ2) is 8.13. The van der Waals surface area contributed by atoms with Crippen LogP contribution in [0.25, 0.3) is 21.9 Å². The van der Waals surface area contributed by atoms with Crippen molar-refractivity contribution in [2.45, 2.75) is 51.8 Å². The molecule has 1 saturated carbocycles. The highest BCUT2D eigenvalue weighted by molar-refractivity contribution is 5.98. The fourth-order valence-corrected chi connectivity index (χ4v) is 4.30. The predicted octanol–water partition coefficient (Wildman–Crippen LogP) is 4.25. The van der Waals surface area contributed by atoms with Crippen molar-refractivity contribution in [2.24, 2.45) is 0 Å². The van der Waals surface area contributed by atoms with E-state index in [1.54, 1.807) is 12.3 Å². The lowest BCUT2D eigenvalue weighted by atomic mass is 9.95. The molecule has 0 radical (unpaired) electrons. The molecule has 1 aliphatic carbocycles. The van der Waals surface area contributed by atoms with E-state index in [0.717, 1.165) is 52.7 Å². The Morgan fingerprint density at radius 1 is 1.22 bits per heavy atom. The van der Waals surface area contributed by atoms with Gasteiger partial charge in [-0.3, -0.25) is 4.79 Å². The molecule has 0 bridgehead atoms. The van der Waals surface area contributed by atoms with Crippen LogP contribution in [0, 0.1) is 12.7 Å². The van der Waals surface area contributed by atoms with E-state index in [0.29, 0.717) is 6.61 Å². The first-order valence-corrected chi connectivity index (χ1v) is 11.2. The molecule has 2 aromatic carbocycles. The van der Waals surface area contributed by atoms with Crippen molar-refractivity contribution >= 4 is 22.5 Å². The van der Waals surface area contributed by atoms with Crippen LogP contribution in [-0.4, -0.2) is 47.4 Å². The van der Waals surface area contributed by atoms with Crippen molar-refractivity contribution < 1.29 is 13.9 Å². The number of anilines is 1. The van der Waals surface area contributed by atoms with E-state index in [2.05, 4.69) is 34.3 Å². The summed E-state index contributed by atoms with van der Waals surface area (Å²) in [5.74, 6) is 0.00131. The summed E-state index contributed by atoms with van der Waals surface area (Å²) in [7, 11) is 0. The first kappa shape index (κ1) is 20.8. The van der Waals surface area contributed by atoms with Crippen LogP contribution in [-0.2, 0) is 4.74 Å². The molecule has 2 unspecified atom stereocenters. The second-order valence-electron chi connectivity index (χ2n) is 9.01.